The van der Waals surface area contributed by atoms with Crippen LogP contribution in [0.25, 0.3) is 21.7 Å². The summed E-state index contributed by atoms with van der Waals surface area (Å²) >= 11 is 5.23. The lowest BCUT2D eigenvalue weighted by Gasteiger charge is -1.95. The molecular weight excluding hydrogens is 306 g/mol. The molecule has 0 saturated carbocycles. The Balaban J connectivity index is 2.70. The van der Waals surface area contributed by atoms with Crippen molar-refractivity contribution in [1.29, 1.82) is 0 Å². The summed E-state index contributed by atoms with van der Waals surface area (Å²) in [5.74, 6) is 0. The van der Waals surface area contributed by atoms with Gasteiger partial charge in [-0.3, -0.25) is 0 Å². The van der Waals surface area contributed by atoms with Crippen LogP contribution >= 0.6 is 27.3 Å². The van der Waals surface area contributed by atoms with Gasteiger partial charge < -0.3 is 0 Å². The second-order valence-corrected chi connectivity index (χ2v) is 6.62. The van der Waals surface area contributed by atoms with E-state index in [1.807, 2.05) is 0 Å². The molecule has 94 valence electrons. The minimum absolute atomic E-state index is 1.09. The number of thiazole rings is 1. The molecule has 0 atom stereocenters. The van der Waals surface area contributed by atoms with Crippen molar-refractivity contribution in [3.63, 3.8) is 0 Å². The first-order valence-electron chi connectivity index (χ1n) is 5.87. The zero-order valence-corrected chi connectivity index (χ0v) is 13.4. The van der Waals surface area contributed by atoms with Gasteiger partial charge in [-0.2, -0.15) is 0 Å². The second-order valence-electron chi connectivity index (χ2n) is 4.70. The highest BCUT2D eigenvalue weighted by Gasteiger charge is 2.05. The summed E-state index contributed by atoms with van der Waals surface area (Å²) in [6, 6.07) is 8.32. The first-order valence-corrected chi connectivity index (χ1v) is 7.48. The molecule has 1 nitrogen and oxygen atoms in total. The Hall–Kier alpha value is -0.930. The van der Waals surface area contributed by atoms with E-state index < -0.39 is 0 Å². The average molecular weight is 322 g/mol. The molecule has 2 aromatic rings. The van der Waals surface area contributed by atoms with Gasteiger partial charge in [0.2, 0.25) is 0 Å². The van der Waals surface area contributed by atoms with Gasteiger partial charge in [0.1, 0.15) is 5.01 Å². The van der Waals surface area contributed by atoms with Gasteiger partial charge in [-0.05, 0) is 45.4 Å². The maximum Gasteiger partial charge on any atom is 0.124 e. The molecule has 1 heterocycles. The van der Waals surface area contributed by atoms with Crippen molar-refractivity contribution in [2.24, 2.45) is 0 Å². The maximum atomic E-state index is 4.78. The number of aromatic nitrogens is 1. The van der Waals surface area contributed by atoms with E-state index in [1.54, 1.807) is 11.3 Å². The second kappa shape index (κ2) is 5.37. The van der Waals surface area contributed by atoms with Crippen LogP contribution in [0.4, 0.5) is 0 Å². The third-order valence-corrected chi connectivity index (χ3v) is 4.50. The quantitative estimate of drug-likeness (QED) is 0.775. The van der Waals surface area contributed by atoms with Crippen LogP contribution in [-0.2, 0) is 0 Å². The van der Waals surface area contributed by atoms with Crippen molar-refractivity contribution in [3.05, 3.63) is 38.6 Å². The molecule has 0 radical (unpaired) electrons. The molecule has 0 spiro atoms. The molecule has 2 rings (SSSR count). The van der Waals surface area contributed by atoms with Crippen molar-refractivity contribution >= 4 is 38.4 Å². The van der Waals surface area contributed by atoms with E-state index in [0.717, 1.165) is 14.8 Å². The molecule has 0 amide bonds. The third-order valence-electron chi connectivity index (χ3n) is 2.65. The molecule has 0 aliphatic heterocycles. The van der Waals surface area contributed by atoms with E-state index in [9.17, 15) is 0 Å². The van der Waals surface area contributed by atoms with Crippen molar-refractivity contribution in [1.82, 2.24) is 4.98 Å². The summed E-state index contributed by atoms with van der Waals surface area (Å²) < 4.78 is 2.40. The Kier molecular flexibility index (Phi) is 4.03. The fourth-order valence-electron chi connectivity index (χ4n) is 1.71. The van der Waals surface area contributed by atoms with Crippen molar-refractivity contribution in [2.45, 2.75) is 27.7 Å². The first kappa shape index (κ1) is 13.5. The smallest absolute Gasteiger partial charge is 0.124 e. The Bertz CT molecular complexity index is 635. The molecule has 18 heavy (non-hydrogen) atoms. The molecular formula is C15H16BrNS. The molecule has 0 aliphatic rings. The molecule has 0 saturated heterocycles. The summed E-state index contributed by atoms with van der Waals surface area (Å²) in [4.78, 5) is 4.78. The van der Waals surface area contributed by atoms with Crippen LogP contribution in [0.2, 0.25) is 0 Å². The van der Waals surface area contributed by atoms with E-state index in [4.69, 9.17) is 4.98 Å². The lowest BCUT2D eigenvalue weighted by molar-refractivity contribution is 1.27. The average Bonchev–Trinajstić information content (AvgIpc) is 2.75. The summed E-state index contributed by atoms with van der Waals surface area (Å²) in [6.45, 7) is 8.52. The van der Waals surface area contributed by atoms with Gasteiger partial charge >= 0.3 is 0 Å². The fraction of sp³-hybridized carbons (Fsp3) is 0.267. The minimum Gasteiger partial charge on any atom is -0.236 e. The third kappa shape index (κ3) is 2.73. The van der Waals surface area contributed by atoms with Crippen LogP contribution in [0.15, 0.2) is 28.7 Å². The Morgan fingerprint density at radius 1 is 1.00 bits per heavy atom. The molecule has 1 aromatic heterocycles. The van der Waals surface area contributed by atoms with Crippen LogP contribution in [0.3, 0.4) is 0 Å². The Labute approximate surface area is 120 Å². The van der Waals surface area contributed by atoms with Gasteiger partial charge in [-0.25, -0.2) is 4.98 Å². The van der Waals surface area contributed by atoms with Gasteiger partial charge in [0.05, 0.1) is 9.88 Å². The van der Waals surface area contributed by atoms with Gasteiger partial charge in [-0.1, -0.05) is 33.6 Å². The van der Waals surface area contributed by atoms with E-state index in [2.05, 4.69) is 67.9 Å². The number of nitrogens with zero attached hydrogens (tertiary/aromatic N) is 1. The molecule has 0 unspecified atom stereocenters. The van der Waals surface area contributed by atoms with E-state index >= 15 is 0 Å². The lowest BCUT2D eigenvalue weighted by atomic mass is 10.2. The van der Waals surface area contributed by atoms with Crippen LogP contribution in [-0.4, -0.2) is 4.98 Å². The largest absolute Gasteiger partial charge is 0.236 e. The zero-order valence-electron chi connectivity index (χ0n) is 11.0. The van der Waals surface area contributed by atoms with Crippen LogP contribution in [0.5, 0.6) is 0 Å². The molecule has 1 aromatic carbocycles. The predicted octanol–water partition coefficient (Wildman–Crippen LogP) is 3.95. The van der Waals surface area contributed by atoms with Gasteiger partial charge in [0, 0.05) is 10.0 Å². The van der Waals surface area contributed by atoms with Crippen molar-refractivity contribution in [2.75, 3.05) is 0 Å². The summed E-state index contributed by atoms with van der Waals surface area (Å²) in [5.41, 5.74) is 3.77. The highest BCUT2D eigenvalue weighted by molar-refractivity contribution is 9.10. The highest BCUT2D eigenvalue weighted by atomic mass is 79.9. The van der Waals surface area contributed by atoms with Gasteiger partial charge in [-0.15, -0.1) is 11.3 Å². The van der Waals surface area contributed by atoms with E-state index in [0.29, 0.717) is 0 Å². The van der Waals surface area contributed by atoms with Gasteiger partial charge in [0.15, 0.2) is 0 Å². The molecule has 0 fully saturated rings. The number of rotatable bonds is 1. The fourth-order valence-corrected chi connectivity index (χ4v) is 3.11. The summed E-state index contributed by atoms with van der Waals surface area (Å²) in [6.07, 6.45) is 0. The number of benzene rings is 1. The standard InChI is InChI=1S/C15H16BrNS/c1-9(2)13-14(10(3)4)18-15(17-13)11-5-7-12(16)8-6-11/h5-8H,1-4H3. The first-order chi connectivity index (χ1) is 8.49. The van der Waals surface area contributed by atoms with E-state index in [1.165, 1.54) is 21.2 Å². The number of hydrogen-bond acceptors (Lipinski definition) is 2. The predicted molar refractivity (Wildman–Crippen MR) is 84.0 cm³/mol. The number of hydrogen-bond donors (Lipinski definition) is 0. The van der Waals surface area contributed by atoms with Crippen LogP contribution < -0.4 is 9.88 Å². The Morgan fingerprint density at radius 3 is 2.06 bits per heavy atom. The molecule has 0 N–H and O–H groups in total. The SMILES string of the molecule is CC(C)=c1nc(-c2ccc(Br)cc2)sc1=C(C)C. The zero-order chi connectivity index (χ0) is 13.3. The number of halogens is 1. The topological polar surface area (TPSA) is 12.9 Å². The van der Waals surface area contributed by atoms with E-state index in [-0.39, 0.29) is 0 Å². The highest BCUT2D eigenvalue weighted by Crippen LogP contribution is 2.21. The Morgan fingerprint density at radius 2 is 1.61 bits per heavy atom. The van der Waals surface area contributed by atoms with Gasteiger partial charge in [0.25, 0.3) is 0 Å². The molecule has 3 heteroatoms. The molecule has 0 bridgehead atoms. The van der Waals surface area contributed by atoms with Crippen LogP contribution in [0.1, 0.15) is 27.7 Å². The van der Waals surface area contributed by atoms with Crippen LogP contribution in [0, 0.1) is 0 Å². The summed E-state index contributed by atoms with van der Waals surface area (Å²) in [7, 11) is 0. The minimum atomic E-state index is 1.09. The van der Waals surface area contributed by atoms with Crippen molar-refractivity contribution < 1.29 is 0 Å². The lowest BCUT2D eigenvalue weighted by Crippen LogP contribution is -2.24. The monoisotopic (exact) mass is 321 g/mol. The summed E-state index contributed by atoms with van der Waals surface area (Å²) in [5, 5.41) is 2.23. The molecule has 0 aliphatic carbocycles. The normalized spacial score (nSPS) is 10.5. The maximum absolute atomic E-state index is 4.78. The van der Waals surface area contributed by atoms with Crippen molar-refractivity contribution in [3.8, 4) is 10.6 Å².